The molecule has 4 nitrogen and oxygen atoms in total. The minimum Gasteiger partial charge on any atom is -0.481 e. The number of carboxylic acid groups (broad SMARTS) is 1. The molecule has 2 rings (SSSR count). The van der Waals surface area contributed by atoms with Crippen molar-refractivity contribution in [3.05, 3.63) is 0 Å². The van der Waals surface area contributed by atoms with Crippen molar-refractivity contribution in [3.63, 3.8) is 0 Å². The summed E-state index contributed by atoms with van der Waals surface area (Å²) in [5, 5.41) is 8.89. The van der Waals surface area contributed by atoms with Crippen molar-refractivity contribution in [1.29, 1.82) is 0 Å². The monoisotopic (exact) mass is 225 g/mol. The summed E-state index contributed by atoms with van der Waals surface area (Å²) in [5.41, 5.74) is 0. The summed E-state index contributed by atoms with van der Waals surface area (Å²) in [6.45, 7) is 2.06. The standard InChI is InChI=1S/C12H19NO3/c1-8(12(15)16)7-13(10-5-6-10)11(14)9-3-2-4-9/h8-10H,2-7H2,1H3,(H,15,16). The van der Waals surface area contributed by atoms with E-state index in [0.29, 0.717) is 12.6 Å². The largest absolute Gasteiger partial charge is 0.481 e. The number of carbonyl (C=O) groups is 2. The van der Waals surface area contributed by atoms with Crippen LogP contribution in [0.2, 0.25) is 0 Å². The van der Waals surface area contributed by atoms with Crippen LogP contribution in [-0.2, 0) is 9.59 Å². The van der Waals surface area contributed by atoms with E-state index in [2.05, 4.69) is 0 Å². The fourth-order valence-corrected chi connectivity index (χ4v) is 2.07. The Morgan fingerprint density at radius 3 is 2.31 bits per heavy atom. The number of hydrogen-bond acceptors (Lipinski definition) is 2. The van der Waals surface area contributed by atoms with Gasteiger partial charge in [0.2, 0.25) is 5.91 Å². The van der Waals surface area contributed by atoms with Crippen LogP contribution in [0.15, 0.2) is 0 Å². The molecule has 2 fully saturated rings. The molecule has 1 N–H and O–H groups in total. The van der Waals surface area contributed by atoms with Gasteiger partial charge in [-0.25, -0.2) is 0 Å². The molecule has 0 aromatic heterocycles. The first-order valence-corrected chi connectivity index (χ1v) is 6.13. The Balaban J connectivity index is 1.93. The van der Waals surface area contributed by atoms with E-state index in [0.717, 1.165) is 32.1 Å². The first-order chi connectivity index (χ1) is 7.59. The Labute approximate surface area is 95.6 Å². The molecule has 0 radical (unpaired) electrons. The molecule has 0 aromatic rings. The number of hydrogen-bond donors (Lipinski definition) is 1. The van der Waals surface area contributed by atoms with Crippen molar-refractivity contribution in [1.82, 2.24) is 4.90 Å². The van der Waals surface area contributed by atoms with Gasteiger partial charge >= 0.3 is 5.97 Å². The molecule has 0 saturated heterocycles. The van der Waals surface area contributed by atoms with Crippen LogP contribution < -0.4 is 0 Å². The maximum atomic E-state index is 12.1. The third kappa shape index (κ3) is 2.36. The highest BCUT2D eigenvalue weighted by Gasteiger charge is 2.38. The molecule has 2 saturated carbocycles. The fourth-order valence-electron chi connectivity index (χ4n) is 2.07. The molecule has 2 aliphatic carbocycles. The Morgan fingerprint density at radius 2 is 1.94 bits per heavy atom. The van der Waals surface area contributed by atoms with Crippen molar-refractivity contribution >= 4 is 11.9 Å². The van der Waals surface area contributed by atoms with Crippen molar-refractivity contribution < 1.29 is 14.7 Å². The Bertz CT molecular complexity index is 295. The first-order valence-electron chi connectivity index (χ1n) is 6.13. The van der Waals surface area contributed by atoms with E-state index >= 15 is 0 Å². The molecule has 4 heteroatoms. The second-order valence-corrected chi connectivity index (χ2v) is 5.09. The Hall–Kier alpha value is -1.06. The number of aliphatic carboxylic acids is 1. The summed E-state index contributed by atoms with van der Waals surface area (Å²) in [6.07, 6.45) is 5.21. The van der Waals surface area contributed by atoms with E-state index in [-0.39, 0.29) is 11.8 Å². The summed E-state index contributed by atoms with van der Waals surface area (Å²) in [7, 11) is 0. The van der Waals surface area contributed by atoms with Crippen LogP contribution >= 0.6 is 0 Å². The third-order valence-electron chi connectivity index (χ3n) is 3.62. The molecule has 1 unspecified atom stereocenters. The van der Waals surface area contributed by atoms with Gasteiger partial charge in [0.25, 0.3) is 0 Å². The molecule has 16 heavy (non-hydrogen) atoms. The quantitative estimate of drug-likeness (QED) is 0.771. The molecule has 1 atom stereocenters. The normalized spacial score (nSPS) is 22.3. The van der Waals surface area contributed by atoms with E-state index in [1.165, 1.54) is 0 Å². The number of rotatable bonds is 5. The summed E-state index contributed by atoms with van der Waals surface area (Å²) in [5.74, 6) is -0.889. The zero-order chi connectivity index (χ0) is 11.7. The zero-order valence-electron chi connectivity index (χ0n) is 9.69. The van der Waals surface area contributed by atoms with Gasteiger partial charge in [-0.3, -0.25) is 9.59 Å². The molecular weight excluding hydrogens is 206 g/mol. The molecule has 0 spiro atoms. The van der Waals surface area contributed by atoms with Gasteiger partial charge in [-0.05, 0) is 25.7 Å². The maximum absolute atomic E-state index is 12.1. The van der Waals surface area contributed by atoms with Crippen LogP contribution in [-0.4, -0.2) is 34.5 Å². The summed E-state index contributed by atoms with van der Waals surface area (Å²) >= 11 is 0. The SMILES string of the molecule is CC(CN(C(=O)C1CCC1)C1CC1)C(=O)O. The van der Waals surface area contributed by atoms with Gasteiger partial charge < -0.3 is 10.0 Å². The van der Waals surface area contributed by atoms with E-state index in [1.54, 1.807) is 6.92 Å². The van der Waals surface area contributed by atoms with Gasteiger partial charge in [-0.15, -0.1) is 0 Å². The smallest absolute Gasteiger partial charge is 0.308 e. The van der Waals surface area contributed by atoms with E-state index in [9.17, 15) is 9.59 Å². The highest BCUT2D eigenvalue weighted by molar-refractivity contribution is 5.81. The molecular formula is C12H19NO3. The predicted molar refractivity (Wildman–Crippen MR) is 58.9 cm³/mol. The van der Waals surface area contributed by atoms with Gasteiger partial charge in [0, 0.05) is 18.5 Å². The minimum absolute atomic E-state index is 0.182. The van der Waals surface area contributed by atoms with Gasteiger partial charge in [-0.1, -0.05) is 13.3 Å². The number of carbonyl (C=O) groups excluding carboxylic acids is 1. The van der Waals surface area contributed by atoms with E-state index in [1.807, 2.05) is 4.90 Å². The van der Waals surface area contributed by atoms with Crippen LogP contribution in [0, 0.1) is 11.8 Å². The van der Waals surface area contributed by atoms with E-state index < -0.39 is 11.9 Å². The van der Waals surface area contributed by atoms with E-state index in [4.69, 9.17) is 5.11 Å². The number of nitrogens with zero attached hydrogens (tertiary/aromatic N) is 1. The lowest BCUT2D eigenvalue weighted by Gasteiger charge is -2.32. The molecule has 0 heterocycles. The second-order valence-electron chi connectivity index (χ2n) is 5.09. The van der Waals surface area contributed by atoms with Crippen molar-refractivity contribution in [2.75, 3.05) is 6.54 Å². The average molecular weight is 225 g/mol. The average Bonchev–Trinajstić information content (AvgIpc) is 2.93. The lowest BCUT2D eigenvalue weighted by atomic mass is 9.84. The molecule has 0 aromatic carbocycles. The highest BCUT2D eigenvalue weighted by atomic mass is 16.4. The number of amides is 1. The highest BCUT2D eigenvalue weighted by Crippen LogP contribution is 2.34. The Morgan fingerprint density at radius 1 is 1.31 bits per heavy atom. The van der Waals surface area contributed by atoms with Crippen molar-refractivity contribution in [2.45, 2.75) is 45.1 Å². The molecule has 90 valence electrons. The summed E-state index contributed by atoms with van der Waals surface area (Å²) in [6, 6.07) is 0.329. The van der Waals surface area contributed by atoms with Gasteiger partial charge in [0.15, 0.2) is 0 Å². The first kappa shape index (κ1) is 11.4. The molecule has 2 aliphatic rings. The fraction of sp³-hybridized carbons (Fsp3) is 0.833. The van der Waals surface area contributed by atoms with Crippen molar-refractivity contribution in [3.8, 4) is 0 Å². The van der Waals surface area contributed by atoms with Crippen LogP contribution in [0.3, 0.4) is 0 Å². The van der Waals surface area contributed by atoms with Crippen LogP contribution in [0.1, 0.15) is 39.0 Å². The van der Waals surface area contributed by atoms with Crippen LogP contribution in [0.25, 0.3) is 0 Å². The van der Waals surface area contributed by atoms with Crippen LogP contribution in [0.5, 0.6) is 0 Å². The lowest BCUT2D eigenvalue weighted by Crippen LogP contribution is -2.43. The van der Waals surface area contributed by atoms with Gasteiger partial charge in [0.05, 0.1) is 5.92 Å². The summed E-state index contributed by atoms with van der Waals surface area (Å²) in [4.78, 5) is 24.7. The molecule has 0 bridgehead atoms. The van der Waals surface area contributed by atoms with Crippen LogP contribution in [0.4, 0.5) is 0 Å². The van der Waals surface area contributed by atoms with Gasteiger partial charge in [-0.2, -0.15) is 0 Å². The maximum Gasteiger partial charge on any atom is 0.308 e. The van der Waals surface area contributed by atoms with Crippen molar-refractivity contribution in [2.24, 2.45) is 11.8 Å². The molecule has 0 aliphatic heterocycles. The third-order valence-corrected chi connectivity index (χ3v) is 3.62. The topological polar surface area (TPSA) is 57.6 Å². The minimum atomic E-state index is -0.813. The Kier molecular flexibility index (Phi) is 3.17. The lowest BCUT2D eigenvalue weighted by molar-refractivity contribution is -0.145. The zero-order valence-corrected chi connectivity index (χ0v) is 9.69. The number of carboxylic acids is 1. The predicted octanol–water partition coefficient (Wildman–Crippen LogP) is 1.50. The summed E-state index contributed by atoms with van der Waals surface area (Å²) < 4.78 is 0. The molecule has 1 amide bonds. The van der Waals surface area contributed by atoms with Gasteiger partial charge in [0.1, 0.15) is 0 Å². The second kappa shape index (κ2) is 4.44.